The molecule has 0 saturated carbocycles. The molecule has 1 aliphatic heterocycles. The molecule has 2 aromatic rings. The first kappa shape index (κ1) is 19.1. The Bertz CT molecular complexity index is 789. The molecule has 0 amide bonds. The normalized spacial score (nSPS) is 15.0. The van der Waals surface area contributed by atoms with Crippen molar-refractivity contribution in [3.8, 4) is 11.9 Å². The van der Waals surface area contributed by atoms with Gasteiger partial charge in [0, 0.05) is 38.8 Å². The van der Waals surface area contributed by atoms with Crippen molar-refractivity contribution < 1.29 is 4.74 Å². The van der Waals surface area contributed by atoms with Crippen LogP contribution in [0.2, 0.25) is 0 Å². The molecule has 0 radical (unpaired) electrons. The van der Waals surface area contributed by atoms with Crippen molar-refractivity contribution in [2.75, 3.05) is 38.2 Å². The first-order valence-corrected chi connectivity index (χ1v) is 9.46. The fourth-order valence-corrected chi connectivity index (χ4v) is 3.45. The number of methoxy groups -OCH3 is 1. The van der Waals surface area contributed by atoms with Gasteiger partial charge in [-0.05, 0) is 36.1 Å². The molecule has 0 aliphatic carbocycles. The van der Waals surface area contributed by atoms with E-state index in [4.69, 9.17) is 4.74 Å². The van der Waals surface area contributed by atoms with Gasteiger partial charge < -0.3 is 9.64 Å². The summed E-state index contributed by atoms with van der Waals surface area (Å²) < 4.78 is 5.06. The van der Waals surface area contributed by atoms with E-state index in [9.17, 15) is 5.26 Å². The lowest BCUT2D eigenvalue weighted by molar-refractivity contribution is 0.246. The largest absolute Gasteiger partial charge is 0.480 e. The Morgan fingerprint density at radius 1 is 1.11 bits per heavy atom. The summed E-state index contributed by atoms with van der Waals surface area (Å²) in [5.74, 6) is 1.14. The highest BCUT2D eigenvalue weighted by atomic mass is 16.5. The van der Waals surface area contributed by atoms with E-state index in [0.717, 1.165) is 56.1 Å². The molecule has 3 rings (SSSR count). The van der Waals surface area contributed by atoms with E-state index in [-0.39, 0.29) is 0 Å². The van der Waals surface area contributed by atoms with Crippen molar-refractivity contribution in [3.05, 3.63) is 47.2 Å². The van der Waals surface area contributed by atoms with E-state index < -0.39 is 0 Å². The molecule has 1 aliphatic rings. The van der Waals surface area contributed by atoms with Crippen LogP contribution in [0.25, 0.3) is 0 Å². The van der Waals surface area contributed by atoms with E-state index in [2.05, 4.69) is 52.0 Å². The molecule has 6 nitrogen and oxygen atoms in total. The van der Waals surface area contributed by atoms with E-state index in [1.807, 2.05) is 18.2 Å². The topological polar surface area (TPSA) is 65.3 Å². The Hall–Kier alpha value is -2.65. The second kappa shape index (κ2) is 8.83. The maximum Gasteiger partial charge on any atom is 0.233 e. The van der Waals surface area contributed by atoms with Gasteiger partial charge in [-0.2, -0.15) is 10.4 Å². The third-order valence-corrected chi connectivity index (χ3v) is 4.83. The number of hydrogen-bond donors (Lipinski definition) is 0. The van der Waals surface area contributed by atoms with Crippen LogP contribution in [0.15, 0.2) is 30.3 Å². The molecular formula is C21H27N5O. The highest BCUT2D eigenvalue weighted by molar-refractivity contribution is 5.61. The van der Waals surface area contributed by atoms with Gasteiger partial charge >= 0.3 is 0 Å². The van der Waals surface area contributed by atoms with Gasteiger partial charge in [0.15, 0.2) is 0 Å². The number of aromatic nitrogens is 2. The minimum Gasteiger partial charge on any atom is -0.480 e. The van der Waals surface area contributed by atoms with Crippen LogP contribution in [0.4, 0.5) is 5.69 Å². The summed E-state index contributed by atoms with van der Waals surface area (Å²) in [6, 6.07) is 12.4. The molecule has 0 bridgehead atoms. The first-order chi connectivity index (χ1) is 13.1. The van der Waals surface area contributed by atoms with Crippen LogP contribution in [0.1, 0.15) is 30.7 Å². The number of nitriles is 1. The van der Waals surface area contributed by atoms with Gasteiger partial charge in [-0.25, -0.2) is 0 Å². The maximum atomic E-state index is 9.50. The monoisotopic (exact) mass is 365 g/mol. The number of nitrogens with zero attached hydrogens (tertiary/aromatic N) is 5. The fourth-order valence-electron chi connectivity index (χ4n) is 3.45. The minimum atomic E-state index is 0.536. The van der Waals surface area contributed by atoms with Gasteiger partial charge in [-0.1, -0.05) is 19.9 Å². The van der Waals surface area contributed by atoms with Crippen molar-refractivity contribution in [1.29, 1.82) is 5.26 Å². The van der Waals surface area contributed by atoms with Crippen molar-refractivity contribution in [2.24, 2.45) is 5.92 Å². The van der Waals surface area contributed by atoms with Crippen molar-refractivity contribution in [2.45, 2.75) is 26.8 Å². The minimum absolute atomic E-state index is 0.536. The summed E-state index contributed by atoms with van der Waals surface area (Å²) in [6.07, 6.45) is 1.04. The predicted octanol–water partition coefficient (Wildman–Crippen LogP) is 2.88. The molecule has 6 heteroatoms. The fraction of sp³-hybridized carbons (Fsp3) is 0.476. The quantitative estimate of drug-likeness (QED) is 0.784. The smallest absolute Gasteiger partial charge is 0.233 e. The molecule has 1 aromatic heterocycles. The van der Waals surface area contributed by atoms with E-state index in [1.54, 1.807) is 7.11 Å². The highest BCUT2D eigenvalue weighted by Gasteiger charge is 2.20. The molecule has 1 aromatic carbocycles. The lowest BCUT2D eigenvalue weighted by Gasteiger charge is -2.36. The molecule has 0 unspecified atom stereocenters. The van der Waals surface area contributed by atoms with Crippen LogP contribution in [-0.4, -0.2) is 48.4 Å². The van der Waals surface area contributed by atoms with Gasteiger partial charge in [-0.15, -0.1) is 5.10 Å². The number of rotatable bonds is 6. The zero-order chi connectivity index (χ0) is 19.2. The number of piperazine rings is 1. The summed E-state index contributed by atoms with van der Waals surface area (Å²) in [5.41, 5.74) is 4.08. The van der Waals surface area contributed by atoms with Gasteiger partial charge in [0.1, 0.15) is 6.07 Å². The van der Waals surface area contributed by atoms with Crippen LogP contribution < -0.4 is 9.64 Å². The summed E-state index contributed by atoms with van der Waals surface area (Å²) in [5, 5.41) is 17.7. The Kier molecular flexibility index (Phi) is 6.25. The molecule has 0 spiro atoms. The van der Waals surface area contributed by atoms with E-state index in [0.29, 0.717) is 11.8 Å². The van der Waals surface area contributed by atoms with Crippen LogP contribution in [0, 0.1) is 17.2 Å². The second-order valence-electron chi connectivity index (χ2n) is 7.39. The number of benzene rings is 1. The van der Waals surface area contributed by atoms with E-state index >= 15 is 0 Å². The second-order valence-corrected chi connectivity index (χ2v) is 7.39. The summed E-state index contributed by atoms with van der Waals surface area (Å²) >= 11 is 0. The average Bonchev–Trinajstić information content (AvgIpc) is 2.69. The predicted molar refractivity (Wildman–Crippen MR) is 106 cm³/mol. The van der Waals surface area contributed by atoms with Crippen molar-refractivity contribution >= 4 is 5.69 Å². The third kappa shape index (κ3) is 4.95. The van der Waals surface area contributed by atoms with Gasteiger partial charge in [0.05, 0.1) is 24.1 Å². The van der Waals surface area contributed by atoms with Crippen LogP contribution >= 0.6 is 0 Å². The molecule has 1 fully saturated rings. The Labute approximate surface area is 161 Å². The maximum absolute atomic E-state index is 9.50. The zero-order valence-corrected chi connectivity index (χ0v) is 16.4. The molecule has 0 atom stereocenters. The molecule has 0 N–H and O–H groups in total. The Morgan fingerprint density at radius 3 is 2.48 bits per heavy atom. The number of hydrogen-bond acceptors (Lipinski definition) is 6. The van der Waals surface area contributed by atoms with Gasteiger partial charge in [0.2, 0.25) is 5.88 Å². The number of anilines is 1. The van der Waals surface area contributed by atoms with E-state index in [1.165, 1.54) is 5.56 Å². The lowest BCUT2D eigenvalue weighted by atomic mass is 10.00. The first-order valence-electron chi connectivity index (χ1n) is 9.46. The number of ether oxygens (including phenoxy) is 1. The van der Waals surface area contributed by atoms with Crippen molar-refractivity contribution in [1.82, 2.24) is 15.1 Å². The standard InChI is InChI=1S/C21H27N5O/c1-16(2)12-17-4-5-18(14-22)20(13-17)26-10-8-25(9-11-26)15-19-6-7-21(27-3)24-23-19/h4-7,13,16H,8-12,15H2,1-3H3. The third-order valence-electron chi connectivity index (χ3n) is 4.83. The van der Waals surface area contributed by atoms with Crippen LogP contribution in [0.3, 0.4) is 0 Å². The Balaban J connectivity index is 1.63. The summed E-state index contributed by atoms with van der Waals surface area (Å²) in [4.78, 5) is 4.70. The highest BCUT2D eigenvalue weighted by Crippen LogP contribution is 2.25. The lowest BCUT2D eigenvalue weighted by Crippen LogP contribution is -2.46. The summed E-state index contributed by atoms with van der Waals surface area (Å²) in [6.45, 7) is 8.91. The van der Waals surface area contributed by atoms with Crippen molar-refractivity contribution in [3.63, 3.8) is 0 Å². The average molecular weight is 365 g/mol. The van der Waals surface area contributed by atoms with Crippen LogP contribution in [-0.2, 0) is 13.0 Å². The molecule has 2 heterocycles. The molecule has 1 saturated heterocycles. The van der Waals surface area contributed by atoms with Crippen LogP contribution in [0.5, 0.6) is 5.88 Å². The summed E-state index contributed by atoms with van der Waals surface area (Å²) in [7, 11) is 1.59. The molecule has 27 heavy (non-hydrogen) atoms. The zero-order valence-electron chi connectivity index (χ0n) is 16.4. The molecule has 142 valence electrons. The SMILES string of the molecule is COc1ccc(CN2CCN(c3cc(CC(C)C)ccc3C#N)CC2)nn1. The van der Waals surface area contributed by atoms with Gasteiger partial charge in [0.25, 0.3) is 0 Å². The van der Waals surface area contributed by atoms with Gasteiger partial charge in [-0.3, -0.25) is 4.90 Å². The molecular weight excluding hydrogens is 338 g/mol. The Morgan fingerprint density at radius 2 is 1.89 bits per heavy atom.